The van der Waals surface area contributed by atoms with Gasteiger partial charge in [0.2, 0.25) is 5.91 Å². The number of nitrogens with one attached hydrogen (secondary N) is 1. The number of amides is 1. The largest absolute Gasteiger partial charge is 0.354 e. The number of carbonyl (C=O) groups excluding carboxylic acids is 2. The van der Waals surface area contributed by atoms with Crippen LogP contribution in [0.25, 0.3) is 0 Å². The molecule has 3 rings (SSSR count). The molecule has 2 saturated heterocycles. The molecule has 2 aliphatic heterocycles. The molecule has 6 heteroatoms. The molecule has 2 atom stereocenters. The smallest absolute Gasteiger partial charge is 0.224 e. The van der Waals surface area contributed by atoms with Crippen LogP contribution < -0.4 is 5.32 Å². The number of carbonyl (C=O) groups is 2. The van der Waals surface area contributed by atoms with Crippen molar-refractivity contribution in [3.63, 3.8) is 0 Å². The van der Waals surface area contributed by atoms with Gasteiger partial charge >= 0.3 is 0 Å². The van der Waals surface area contributed by atoms with Crippen molar-refractivity contribution in [2.75, 3.05) is 19.6 Å². The molecule has 0 spiro atoms. The van der Waals surface area contributed by atoms with Gasteiger partial charge in [0.25, 0.3) is 0 Å². The molecule has 0 radical (unpaired) electrons. The Morgan fingerprint density at radius 3 is 3.11 bits per heavy atom. The molecule has 2 fully saturated rings. The van der Waals surface area contributed by atoms with E-state index in [9.17, 15) is 9.59 Å². The van der Waals surface area contributed by atoms with Crippen molar-refractivity contribution in [3.05, 3.63) is 20.8 Å². The molecule has 3 heterocycles. The van der Waals surface area contributed by atoms with Crippen molar-refractivity contribution in [1.82, 2.24) is 10.2 Å². The summed E-state index contributed by atoms with van der Waals surface area (Å²) < 4.78 is 0.977. The molecule has 1 N–H and O–H groups in total. The van der Waals surface area contributed by atoms with Crippen molar-refractivity contribution < 1.29 is 9.59 Å². The van der Waals surface area contributed by atoms with Gasteiger partial charge < -0.3 is 5.32 Å². The number of fused-ring (bicyclic) bond motifs is 1. The van der Waals surface area contributed by atoms with Crippen LogP contribution in [0.15, 0.2) is 15.9 Å². The number of Topliss-reactive ketones (excluding diaryl/α,β-unsaturated/α-hetero) is 1. The highest BCUT2D eigenvalue weighted by Crippen LogP contribution is 2.28. The molecule has 19 heavy (non-hydrogen) atoms. The second-order valence-electron chi connectivity index (χ2n) is 5.06. The van der Waals surface area contributed by atoms with E-state index in [0.29, 0.717) is 13.1 Å². The Morgan fingerprint density at radius 1 is 1.53 bits per heavy atom. The predicted molar refractivity (Wildman–Crippen MR) is 77.4 cm³/mol. The van der Waals surface area contributed by atoms with Crippen LogP contribution in [0.5, 0.6) is 0 Å². The minimum absolute atomic E-state index is 0.0802. The van der Waals surface area contributed by atoms with E-state index in [-0.39, 0.29) is 23.7 Å². The monoisotopic (exact) mass is 342 g/mol. The lowest BCUT2D eigenvalue weighted by atomic mass is 9.91. The van der Waals surface area contributed by atoms with E-state index in [0.717, 1.165) is 28.0 Å². The lowest BCUT2D eigenvalue weighted by molar-refractivity contribution is -0.124. The first-order chi connectivity index (χ1) is 9.15. The highest BCUT2D eigenvalue weighted by Gasteiger charge is 2.41. The Kier molecular flexibility index (Phi) is 3.73. The quantitative estimate of drug-likeness (QED) is 0.853. The SMILES string of the molecule is O=C(CN1CCCC2C(=O)NCC21)c1ccc(Br)s1. The molecule has 1 aromatic rings. The fourth-order valence-electron chi connectivity index (χ4n) is 2.96. The molecule has 102 valence electrons. The van der Waals surface area contributed by atoms with E-state index >= 15 is 0 Å². The maximum absolute atomic E-state index is 12.2. The zero-order valence-corrected chi connectivity index (χ0v) is 12.8. The number of ketones is 1. The van der Waals surface area contributed by atoms with E-state index in [2.05, 4.69) is 26.1 Å². The molecule has 0 bridgehead atoms. The van der Waals surface area contributed by atoms with Crippen LogP contribution >= 0.6 is 27.3 Å². The number of hydrogen-bond donors (Lipinski definition) is 1. The third kappa shape index (κ3) is 2.61. The summed E-state index contributed by atoms with van der Waals surface area (Å²) in [6, 6.07) is 3.96. The molecule has 2 aliphatic rings. The molecule has 0 aromatic carbocycles. The van der Waals surface area contributed by atoms with Gasteiger partial charge in [-0.05, 0) is 47.4 Å². The van der Waals surface area contributed by atoms with Crippen LogP contribution in [-0.2, 0) is 4.79 Å². The van der Waals surface area contributed by atoms with Crippen molar-refractivity contribution in [2.45, 2.75) is 18.9 Å². The topological polar surface area (TPSA) is 49.4 Å². The molecular formula is C13H15BrN2O2S. The fraction of sp³-hybridized carbons (Fsp3) is 0.538. The standard InChI is InChI=1S/C13H15BrN2O2S/c14-12-4-3-11(19-12)10(17)7-16-5-1-2-8-9(16)6-15-13(8)18/h3-4,8-9H,1-2,5-7H2,(H,15,18). The Labute approximate surface area is 124 Å². The van der Waals surface area contributed by atoms with Gasteiger partial charge in [-0.3, -0.25) is 14.5 Å². The van der Waals surface area contributed by atoms with Gasteiger partial charge in [-0.2, -0.15) is 0 Å². The summed E-state index contributed by atoms with van der Waals surface area (Å²) in [6.45, 7) is 2.02. The van der Waals surface area contributed by atoms with Crippen LogP contribution in [0, 0.1) is 5.92 Å². The van der Waals surface area contributed by atoms with E-state index in [1.807, 2.05) is 12.1 Å². The molecule has 4 nitrogen and oxygen atoms in total. The summed E-state index contributed by atoms with van der Waals surface area (Å²) in [5.74, 6) is 0.383. The van der Waals surface area contributed by atoms with Crippen molar-refractivity contribution in [1.29, 1.82) is 0 Å². The first kappa shape index (κ1) is 13.3. The average molecular weight is 343 g/mol. The first-order valence-electron chi connectivity index (χ1n) is 6.45. The lowest BCUT2D eigenvalue weighted by Gasteiger charge is -2.35. The summed E-state index contributed by atoms with van der Waals surface area (Å²) in [7, 11) is 0. The van der Waals surface area contributed by atoms with Gasteiger partial charge in [-0.1, -0.05) is 0 Å². The van der Waals surface area contributed by atoms with Crippen LogP contribution in [0.4, 0.5) is 0 Å². The molecule has 0 aliphatic carbocycles. The van der Waals surface area contributed by atoms with Crippen LogP contribution in [-0.4, -0.2) is 42.3 Å². The summed E-state index contributed by atoms with van der Waals surface area (Å²) in [6.07, 6.45) is 1.95. The van der Waals surface area contributed by atoms with Gasteiger partial charge in [0.05, 0.1) is 21.1 Å². The summed E-state index contributed by atoms with van der Waals surface area (Å²) >= 11 is 4.84. The van der Waals surface area contributed by atoms with E-state index < -0.39 is 0 Å². The third-order valence-corrected chi connectivity index (χ3v) is 5.58. The minimum Gasteiger partial charge on any atom is -0.354 e. The number of nitrogens with zero attached hydrogens (tertiary/aromatic N) is 1. The van der Waals surface area contributed by atoms with E-state index in [4.69, 9.17) is 0 Å². The third-order valence-electron chi connectivity index (χ3n) is 3.91. The first-order valence-corrected chi connectivity index (χ1v) is 8.06. The highest BCUT2D eigenvalue weighted by atomic mass is 79.9. The second kappa shape index (κ2) is 5.34. The second-order valence-corrected chi connectivity index (χ2v) is 7.52. The maximum atomic E-state index is 12.2. The Hall–Kier alpha value is -0.720. The number of hydrogen-bond acceptors (Lipinski definition) is 4. The van der Waals surface area contributed by atoms with Gasteiger partial charge in [-0.25, -0.2) is 0 Å². The number of halogens is 1. The van der Waals surface area contributed by atoms with Crippen molar-refractivity contribution in [2.24, 2.45) is 5.92 Å². The number of likely N-dealkylation sites (tertiary alicyclic amines) is 1. The molecule has 1 aromatic heterocycles. The molecular weight excluding hydrogens is 328 g/mol. The van der Waals surface area contributed by atoms with Crippen molar-refractivity contribution in [3.8, 4) is 0 Å². The maximum Gasteiger partial charge on any atom is 0.224 e. The van der Waals surface area contributed by atoms with Gasteiger partial charge in [-0.15, -0.1) is 11.3 Å². The van der Waals surface area contributed by atoms with E-state index in [1.165, 1.54) is 11.3 Å². The summed E-state index contributed by atoms with van der Waals surface area (Å²) in [5.41, 5.74) is 0. The normalized spacial score (nSPS) is 27.1. The van der Waals surface area contributed by atoms with Gasteiger partial charge in [0.1, 0.15) is 0 Å². The van der Waals surface area contributed by atoms with Gasteiger partial charge in [0.15, 0.2) is 5.78 Å². The Balaban J connectivity index is 1.69. The van der Waals surface area contributed by atoms with E-state index in [1.54, 1.807) is 0 Å². The molecule has 2 unspecified atom stereocenters. The summed E-state index contributed by atoms with van der Waals surface area (Å²) in [5, 5.41) is 2.91. The Bertz CT molecular complexity index is 516. The average Bonchev–Trinajstić information content (AvgIpc) is 2.98. The van der Waals surface area contributed by atoms with Gasteiger partial charge in [0, 0.05) is 12.6 Å². The van der Waals surface area contributed by atoms with Crippen LogP contribution in [0.1, 0.15) is 22.5 Å². The molecule has 1 amide bonds. The Morgan fingerprint density at radius 2 is 2.37 bits per heavy atom. The zero-order valence-electron chi connectivity index (χ0n) is 10.4. The summed E-state index contributed by atoms with van der Waals surface area (Å²) in [4.78, 5) is 26.9. The van der Waals surface area contributed by atoms with Crippen LogP contribution in [0.2, 0.25) is 0 Å². The number of rotatable bonds is 3. The highest BCUT2D eigenvalue weighted by molar-refractivity contribution is 9.11. The fourth-order valence-corrected chi connectivity index (χ4v) is 4.28. The van der Waals surface area contributed by atoms with Crippen molar-refractivity contribution >= 4 is 39.0 Å². The predicted octanol–water partition coefficient (Wildman–Crippen LogP) is 1.90. The lowest BCUT2D eigenvalue weighted by Crippen LogP contribution is -2.47. The number of thiophene rings is 1. The van der Waals surface area contributed by atoms with Crippen LogP contribution in [0.3, 0.4) is 0 Å². The zero-order chi connectivity index (χ0) is 13.4. The number of piperidine rings is 1. The minimum atomic E-state index is 0.0802. The molecule has 0 saturated carbocycles.